The molecule has 1 heterocycles. The Morgan fingerprint density at radius 1 is 1.27 bits per heavy atom. The summed E-state index contributed by atoms with van der Waals surface area (Å²) in [5.74, 6) is 0.541. The highest BCUT2D eigenvalue weighted by atomic mass is 16.5. The highest BCUT2D eigenvalue weighted by Crippen LogP contribution is 2.06. The maximum atomic E-state index is 11.5. The number of aliphatic hydroxyl groups excluding tert-OH is 1. The minimum Gasteiger partial charge on any atom is -0.469 e. The Hall–Kier alpha value is -2.15. The van der Waals surface area contributed by atoms with Crippen LogP contribution < -0.4 is 5.43 Å². The number of methoxy groups -OCH3 is 1. The summed E-state index contributed by atoms with van der Waals surface area (Å²) in [4.78, 5) is 22.4. The van der Waals surface area contributed by atoms with Crippen LogP contribution in [-0.2, 0) is 20.9 Å². The van der Waals surface area contributed by atoms with Crippen molar-refractivity contribution in [3.63, 3.8) is 0 Å². The summed E-state index contributed by atoms with van der Waals surface area (Å²) in [6.07, 6.45) is 5.49. The molecular formula is C15H22N2O5. The highest BCUT2D eigenvalue weighted by molar-refractivity contribution is 5.80. The third-order valence-electron chi connectivity index (χ3n) is 2.98. The molecule has 0 bridgehead atoms. The molecule has 0 atom stereocenters. The van der Waals surface area contributed by atoms with E-state index in [1.165, 1.54) is 13.3 Å². The second-order valence-electron chi connectivity index (χ2n) is 4.75. The zero-order valence-corrected chi connectivity index (χ0v) is 12.7. The lowest BCUT2D eigenvalue weighted by atomic mass is 10.1. The Balaban J connectivity index is 2.07. The number of carbonyl (C=O) groups is 2. The molecule has 0 fully saturated rings. The van der Waals surface area contributed by atoms with Crippen molar-refractivity contribution in [3.8, 4) is 0 Å². The van der Waals surface area contributed by atoms with Gasteiger partial charge in [-0.2, -0.15) is 5.10 Å². The number of aliphatic hydroxyl groups is 1. The van der Waals surface area contributed by atoms with Crippen LogP contribution in [0.15, 0.2) is 21.7 Å². The van der Waals surface area contributed by atoms with E-state index in [1.807, 2.05) is 0 Å². The summed E-state index contributed by atoms with van der Waals surface area (Å²) >= 11 is 0. The predicted octanol–water partition coefficient (Wildman–Crippen LogP) is 1.74. The topological polar surface area (TPSA) is 101 Å². The van der Waals surface area contributed by atoms with E-state index in [0.717, 1.165) is 25.7 Å². The number of esters is 1. The van der Waals surface area contributed by atoms with E-state index in [-0.39, 0.29) is 18.5 Å². The van der Waals surface area contributed by atoms with Crippen LogP contribution in [0.2, 0.25) is 0 Å². The minimum atomic E-state index is -0.200. The molecule has 0 saturated carbocycles. The molecular weight excluding hydrogens is 288 g/mol. The maximum Gasteiger partial charge on any atom is 0.305 e. The number of hydrogen-bond acceptors (Lipinski definition) is 6. The molecule has 1 amide bonds. The normalized spacial score (nSPS) is 10.8. The Morgan fingerprint density at radius 3 is 2.64 bits per heavy atom. The van der Waals surface area contributed by atoms with Crippen molar-refractivity contribution < 1.29 is 23.8 Å². The first-order valence-corrected chi connectivity index (χ1v) is 7.24. The minimum absolute atomic E-state index is 0.168. The van der Waals surface area contributed by atoms with E-state index in [1.54, 1.807) is 12.1 Å². The standard InChI is InChI=1S/C15H22N2O5/c1-21-15(20)7-5-3-2-4-6-14(19)17-16-10-12-8-9-13(11-18)22-12/h8-10,18H,2-7,11H2,1H3,(H,17,19)/b16-10+. The third kappa shape index (κ3) is 7.58. The van der Waals surface area contributed by atoms with Crippen LogP contribution in [0.3, 0.4) is 0 Å². The van der Waals surface area contributed by atoms with E-state index >= 15 is 0 Å². The van der Waals surface area contributed by atoms with Gasteiger partial charge in [0.05, 0.1) is 13.3 Å². The third-order valence-corrected chi connectivity index (χ3v) is 2.98. The second-order valence-corrected chi connectivity index (χ2v) is 4.75. The summed E-state index contributed by atoms with van der Waals surface area (Å²) in [7, 11) is 1.38. The molecule has 0 unspecified atom stereocenters. The van der Waals surface area contributed by atoms with Gasteiger partial charge in [-0.3, -0.25) is 9.59 Å². The molecule has 0 spiro atoms. The van der Waals surface area contributed by atoms with Gasteiger partial charge >= 0.3 is 5.97 Å². The van der Waals surface area contributed by atoms with Crippen molar-refractivity contribution in [2.24, 2.45) is 5.10 Å². The van der Waals surface area contributed by atoms with Crippen LogP contribution in [-0.4, -0.2) is 30.3 Å². The zero-order chi connectivity index (χ0) is 16.2. The van der Waals surface area contributed by atoms with Crippen LogP contribution in [0, 0.1) is 0 Å². The number of hydrogen-bond donors (Lipinski definition) is 2. The lowest BCUT2D eigenvalue weighted by molar-refractivity contribution is -0.140. The number of amides is 1. The van der Waals surface area contributed by atoms with Gasteiger partial charge in [0.15, 0.2) is 0 Å². The van der Waals surface area contributed by atoms with E-state index in [4.69, 9.17) is 9.52 Å². The average Bonchev–Trinajstić information content (AvgIpc) is 2.98. The van der Waals surface area contributed by atoms with Gasteiger partial charge in [-0.25, -0.2) is 5.43 Å². The molecule has 2 N–H and O–H groups in total. The second kappa shape index (κ2) is 10.6. The molecule has 0 radical (unpaired) electrons. The predicted molar refractivity (Wildman–Crippen MR) is 80.1 cm³/mol. The van der Waals surface area contributed by atoms with Gasteiger partial charge < -0.3 is 14.3 Å². The van der Waals surface area contributed by atoms with Gasteiger partial charge in [0.2, 0.25) is 5.91 Å². The molecule has 1 aromatic heterocycles. The van der Waals surface area contributed by atoms with Crippen molar-refractivity contribution in [2.45, 2.75) is 45.1 Å². The smallest absolute Gasteiger partial charge is 0.305 e. The summed E-state index contributed by atoms with van der Waals surface area (Å²) in [6.45, 7) is -0.170. The first-order chi connectivity index (χ1) is 10.7. The van der Waals surface area contributed by atoms with Gasteiger partial charge in [0, 0.05) is 12.8 Å². The fourth-order valence-electron chi connectivity index (χ4n) is 1.78. The Labute approximate surface area is 129 Å². The van der Waals surface area contributed by atoms with Crippen molar-refractivity contribution in [1.29, 1.82) is 0 Å². The van der Waals surface area contributed by atoms with Crippen LogP contribution in [0.1, 0.15) is 50.0 Å². The molecule has 7 nitrogen and oxygen atoms in total. The van der Waals surface area contributed by atoms with Gasteiger partial charge in [-0.05, 0) is 25.0 Å². The molecule has 0 aliphatic rings. The Kier molecular flexibility index (Phi) is 8.59. The molecule has 0 aromatic carbocycles. The summed E-state index contributed by atoms with van der Waals surface area (Å²) in [5, 5.41) is 12.6. The molecule has 0 aliphatic carbocycles. The van der Waals surface area contributed by atoms with Crippen LogP contribution in [0.4, 0.5) is 0 Å². The molecule has 122 valence electrons. The fourth-order valence-corrected chi connectivity index (χ4v) is 1.78. The quantitative estimate of drug-likeness (QED) is 0.297. The number of furan rings is 1. The number of carbonyl (C=O) groups excluding carboxylic acids is 2. The largest absolute Gasteiger partial charge is 0.469 e. The molecule has 0 aliphatic heterocycles. The zero-order valence-electron chi connectivity index (χ0n) is 12.7. The maximum absolute atomic E-state index is 11.5. The first-order valence-electron chi connectivity index (χ1n) is 7.24. The Morgan fingerprint density at radius 2 is 2.00 bits per heavy atom. The number of ether oxygens (including phenoxy) is 1. The summed E-state index contributed by atoms with van der Waals surface area (Å²) in [6, 6.07) is 3.29. The lowest BCUT2D eigenvalue weighted by Crippen LogP contribution is -2.16. The van der Waals surface area contributed by atoms with Gasteiger partial charge in [-0.15, -0.1) is 0 Å². The van der Waals surface area contributed by atoms with Crippen LogP contribution >= 0.6 is 0 Å². The summed E-state index contributed by atoms with van der Waals surface area (Å²) < 4.78 is 9.72. The van der Waals surface area contributed by atoms with Crippen molar-refractivity contribution in [2.75, 3.05) is 7.11 Å². The Bertz CT molecular complexity index is 496. The monoisotopic (exact) mass is 310 g/mol. The number of nitrogens with zero attached hydrogens (tertiary/aromatic N) is 1. The van der Waals surface area contributed by atoms with E-state index in [2.05, 4.69) is 15.3 Å². The van der Waals surface area contributed by atoms with E-state index < -0.39 is 0 Å². The number of nitrogens with one attached hydrogen (secondary N) is 1. The highest BCUT2D eigenvalue weighted by Gasteiger charge is 2.02. The first kappa shape index (κ1) is 17.9. The van der Waals surface area contributed by atoms with Crippen molar-refractivity contribution in [3.05, 3.63) is 23.7 Å². The molecule has 1 rings (SSSR count). The van der Waals surface area contributed by atoms with Gasteiger partial charge in [0.1, 0.15) is 18.1 Å². The van der Waals surface area contributed by atoms with Crippen molar-refractivity contribution >= 4 is 18.1 Å². The number of hydrazone groups is 1. The fraction of sp³-hybridized carbons (Fsp3) is 0.533. The molecule has 1 aromatic rings. The average molecular weight is 310 g/mol. The molecule has 0 saturated heterocycles. The molecule has 22 heavy (non-hydrogen) atoms. The molecule has 7 heteroatoms. The van der Waals surface area contributed by atoms with Crippen LogP contribution in [0.25, 0.3) is 0 Å². The van der Waals surface area contributed by atoms with Gasteiger partial charge in [-0.1, -0.05) is 12.8 Å². The summed E-state index contributed by atoms with van der Waals surface area (Å²) in [5.41, 5.74) is 2.41. The van der Waals surface area contributed by atoms with E-state index in [9.17, 15) is 9.59 Å². The number of unbranched alkanes of at least 4 members (excludes halogenated alkanes) is 3. The van der Waals surface area contributed by atoms with Crippen molar-refractivity contribution in [1.82, 2.24) is 5.43 Å². The van der Waals surface area contributed by atoms with Gasteiger partial charge in [0.25, 0.3) is 0 Å². The lowest BCUT2D eigenvalue weighted by Gasteiger charge is -2.01. The van der Waals surface area contributed by atoms with E-state index in [0.29, 0.717) is 24.4 Å². The van der Waals surface area contributed by atoms with Crippen LogP contribution in [0.5, 0.6) is 0 Å². The number of rotatable bonds is 10. The SMILES string of the molecule is COC(=O)CCCCCCC(=O)N/N=C/c1ccc(CO)o1.